The van der Waals surface area contributed by atoms with Crippen molar-refractivity contribution in [3.8, 4) is 0 Å². The lowest BCUT2D eigenvalue weighted by atomic mass is 9.69. The standard InChI is InChI=1S/C18H23N3OS/c1-21(2)11-18(12-6-4-3-5-7-12)9-8-13-14(10-18)23-17(20)15(13)16(19)22/h3-7H,8-11,20H2,1-2H3,(H2,19,22). The summed E-state index contributed by atoms with van der Waals surface area (Å²) >= 11 is 1.53. The molecule has 3 rings (SSSR count). The summed E-state index contributed by atoms with van der Waals surface area (Å²) in [5, 5.41) is 0.566. The summed E-state index contributed by atoms with van der Waals surface area (Å²) < 4.78 is 0. The molecule has 1 aromatic heterocycles. The van der Waals surface area contributed by atoms with Crippen LogP contribution in [0.25, 0.3) is 0 Å². The fourth-order valence-corrected chi connectivity index (χ4v) is 5.11. The monoisotopic (exact) mass is 329 g/mol. The maximum atomic E-state index is 11.7. The summed E-state index contributed by atoms with van der Waals surface area (Å²) in [5.41, 5.74) is 14.6. The molecule has 0 spiro atoms. The van der Waals surface area contributed by atoms with Gasteiger partial charge in [0.2, 0.25) is 0 Å². The molecule has 4 nitrogen and oxygen atoms in total. The molecule has 0 saturated heterocycles. The van der Waals surface area contributed by atoms with Crippen LogP contribution in [0, 0.1) is 0 Å². The zero-order valence-corrected chi connectivity index (χ0v) is 14.5. The molecule has 2 aromatic rings. The zero-order chi connectivity index (χ0) is 16.6. The van der Waals surface area contributed by atoms with Gasteiger partial charge in [-0.25, -0.2) is 0 Å². The lowest BCUT2D eigenvalue weighted by molar-refractivity contribution is 0.1000. The van der Waals surface area contributed by atoms with E-state index >= 15 is 0 Å². The van der Waals surface area contributed by atoms with Crippen molar-refractivity contribution < 1.29 is 4.79 Å². The Hall–Kier alpha value is -1.85. The first-order chi connectivity index (χ1) is 10.9. The first kappa shape index (κ1) is 16.0. The summed E-state index contributed by atoms with van der Waals surface area (Å²) in [4.78, 5) is 15.2. The number of nitrogen functional groups attached to an aromatic ring is 1. The minimum atomic E-state index is -0.403. The number of carbonyl (C=O) groups excluding carboxylic acids is 1. The van der Waals surface area contributed by atoms with Crippen molar-refractivity contribution in [1.29, 1.82) is 0 Å². The van der Waals surface area contributed by atoms with Gasteiger partial charge in [0.25, 0.3) is 5.91 Å². The van der Waals surface area contributed by atoms with E-state index in [4.69, 9.17) is 11.5 Å². The van der Waals surface area contributed by atoms with E-state index in [-0.39, 0.29) is 5.41 Å². The van der Waals surface area contributed by atoms with Gasteiger partial charge in [0.15, 0.2) is 0 Å². The van der Waals surface area contributed by atoms with Gasteiger partial charge in [-0.15, -0.1) is 11.3 Å². The number of fused-ring (bicyclic) bond motifs is 1. The number of hydrogen-bond donors (Lipinski definition) is 2. The molecule has 0 saturated carbocycles. The second-order valence-electron chi connectivity index (χ2n) is 6.67. The number of benzene rings is 1. The number of thiophene rings is 1. The van der Waals surface area contributed by atoms with Crippen molar-refractivity contribution in [2.24, 2.45) is 5.73 Å². The van der Waals surface area contributed by atoms with Crippen molar-refractivity contribution in [1.82, 2.24) is 4.90 Å². The molecule has 5 heteroatoms. The third-order valence-electron chi connectivity index (χ3n) is 4.72. The number of likely N-dealkylation sites (N-methyl/N-ethyl adjacent to an activating group) is 1. The number of amides is 1. The number of primary amides is 1. The van der Waals surface area contributed by atoms with Crippen LogP contribution in [0.15, 0.2) is 30.3 Å². The van der Waals surface area contributed by atoms with Crippen LogP contribution in [0.2, 0.25) is 0 Å². The maximum absolute atomic E-state index is 11.7. The highest BCUT2D eigenvalue weighted by molar-refractivity contribution is 7.16. The van der Waals surface area contributed by atoms with Crippen LogP contribution >= 0.6 is 11.3 Å². The van der Waals surface area contributed by atoms with E-state index < -0.39 is 5.91 Å². The lowest BCUT2D eigenvalue weighted by Gasteiger charge is -2.40. The Balaban J connectivity index is 2.05. The molecular formula is C18H23N3OS. The minimum Gasteiger partial charge on any atom is -0.390 e. The van der Waals surface area contributed by atoms with Crippen LogP contribution in [0.4, 0.5) is 5.00 Å². The number of nitrogens with zero attached hydrogens (tertiary/aromatic N) is 1. The zero-order valence-electron chi connectivity index (χ0n) is 13.6. The normalized spacial score (nSPS) is 20.5. The van der Waals surface area contributed by atoms with Gasteiger partial charge in [-0.3, -0.25) is 4.79 Å². The van der Waals surface area contributed by atoms with E-state index in [1.165, 1.54) is 21.8 Å². The van der Waals surface area contributed by atoms with E-state index in [9.17, 15) is 4.79 Å². The van der Waals surface area contributed by atoms with Crippen LogP contribution < -0.4 is 11.5 Å². The van der Waals surface area contributed by atoms with Crippen molar-refractivity contribution in [3.63, 3.8) is 0 Å². The third-order valence-corrected chi connectivity index (χ3v) is 5.78. The second-order valence-corrected chi connectivity index (χ2v) is 7.80. The fourth-order valence-electron chi connectivity index (χ4n) is 3.84. The van der Waals surface area contributed by atoms with Gasteiger partial charge in [0, 0.05) is 16.8 Å². The predicted molar refractivity (Wildman–Crippen MR) is 95.9 cm³/mol. The highest BCUT2D eigenvalue weighted by atomic mass is 32.1. The molecule has 1 aliphatic carbocycles. The van der Waals surface area contributed by atoms with Gasteiger partial charge in [-0.1, -0.05) is 30.3 Å². The van der Waals surface area contributed by atoms with Gasteiger partial charge >= 0.3 is 0 Å². The summed E-state index contributed by atoms with van der Waals surface area (Å²) in [7, 11) is 4.22. The van der Waals surface area contributed by atoms with Gasteiger partial charge in [-0.05, 0) is 44.5 Å². The SMILES string of the molecule is CN(C)CC1(c2ccccc2)CCc2c(sc(N)c2C(N)=O)C1. The summed E-state index contributed by atoms with van der Waals surface area (Å²) in [6.07, 6.45) is 2.76. The quantitative estimate of drug-likeness (QED) is 0.905. The molecular weight excluding hydrogens is 306 g/mol. The molecule has 1 unspecified atom stereocenters. The van der Waals surface area contributed by atoms with Crippen LogP contribution in [-0.2, 0) is 18.3 Å². The lowest BCUT2D eigenvalue weighted by Crippen LogP contribution is -2.42. The largest absolute Gasteiger partial charge is 0.390 e. The van der Waals surface area contributed by atoms with Crippen molar-refractivity contribution >= 4 is 22.2 Å². The first-order valence-corrected chi connectivity index (χ1v) is 8.65. The van der Waals surface area contributed by atoms with Crippen molar-refractivity contribution in [2.75, 3.05) is 26.4 Å². The fraction of sp³-hybridized carbons (Fsp3) is 0.389. The summed E-state index contributed by atoms with van der Waals surface area (Å²) in [5.74, 6) is -0.403. The highest BCUT2D eigenvalue weighted by Crippen LogP contribution is 2.44. The van der Waals surface area contributed by atoms with E-state index in [1.807, 2.05) is 0 Å². The smallest absolute Gasteiger partial charge is 0.251 e. The number of anilines is 1. The number of hydrogen-bond acceptors (Lipinski definition) is 4. The molecule has 1 aromatic carbocycles. The van der Waals surface area contributed by atoms with E-state index in [0.29, 0.717) is 10.6 Å². The predicted octanol–water partition coefficient (Wildman–Crippen LogP) is 2.42. The Kier molecular flexibility index (Phi) is 4.17. The minimum absolute atomic E-state index is 0.0595. The average molecular weight is 329 g/mol. The second kappa shape index (κ2) is 5.98. The molecule has 1 heterocycles. The Labute approximate surface area is 141 Å². The van der Waals surface area contributed by atoms with Crippen molar-refractivity contribution in [2.45, 2.75) is 24.7 Å². The molecule has 0 radical (unpaired) electrons. The van der Waals surface area contributed by atoms with Gasteiger partial charge in [0.05, 0.1) is 10.6 Å². The van der Waals surface area contributed by atoms with Crippen LogP contribution in [0.1, 0.15) is 32.8 Å². The average Bonchev–Trinajstić information content (AvgIpc) is 2.82. The van der Waals surface area contributed by atoms with Crippen LogP contribution in [0.5, 0.6) is 0 Å². The highest BCUT2D eigenvalue weighted by Gasteiger charge is 2.39. The van der Waals surface area contributed by atoms with Crippen molar-refractivity contribution in [3.05, 3.63) is 51.9 Å². The Morgan fingerprint density at radius 3 is 2.61 bits per heavy atom. The first-order valence-electron chi connectivity index (χ1n) is 7.83. The molecule has 23 heavy (non-hydrogen) atoms. The van der Waals surface area contributed by atoms with Gasteiger partial charge < -0.3 is 16.4 Å². The Bertz CT molecular complexity index is 723. The van der Waals surface area contributed by atoms with Crippen LogP contribution in [0.3, 0.4) is 0 Å². The third kappa shape index (κ3) is 2.86. The molecule has 1 amide bonds. The van der Waals surface area contributed by atoms with E-state index in [1.54, 1.807) is 0 Å². The summed E-state index contributed by atoms with van der Waals surface area (Å²) in [6, 6.07) is 10.7. The van der Waals surface area contributed by atoms with E-state index in [0.717, 1.165) is 31.4 Å². The molecule has 1 atom stereocenters. The topological polar surface area (TPSA) is 72.3 Å². The molecule has 0 bridgehead atoms. The summed E-state index contributed by atoms with van der Waals surface area (Å²) in [6.45, 7) is 0.972. The maximum Gasteiger partial charge on any atom is 0.251 e. The molecule has 1 aliphatic rings. The molecule has 4 N–H and O–H groups in total. The number of carbonyl (C=O) groups is 1. The molecule has 0 aliphatic heterocycles. The van der Waals surface area contributed by atoms with Gasteiger partial charge in [-0.2, -0.15) is 0 Å². The Morgan fingerprint density at radius 2 is 2.00 bits per heavy atom. The molecule has 0 fully saturated rings. The number of rotatable bonds is 4. The van der Waals surface area contributed by atoms with E-state index in [2.05, 4.69) is 49.3 Å². The number of nitrogens with two attached hydrogens (primary N) is 2. The Morgan fingerprint density at radius 1 is 1.30 bits per heavy atom. The molecule has 122 valence electrons. The van der Waals surface area contributed by atoms with Gasteiger partial charge in [0.1, 0.15) is 0 Å². The van der Waals surface area contributed by atoms with Crippen LogP contribution in [-0.4, -0.2) is 31.4 Å².